The second-order valence-corrected chi connectivity index (χ2v) is 7.48. The first-order chi connectivity index (χ1) is 11.5. The van der Waals surface area contributed by atoms with Crippen LogP contribution in [0.4, 0.5) is 5.69 Å². The molecule has 0 saturated carbocycles. The summed E-state index contributed by atoms with van der Waals surface area (Å²) >= 11 is 7.31. The number of anilines is 1. The smallest absolute Gasteiger partial charge is 0.173 e. The van der Waals surface area contributed by atoms with Crippen molar-refractivity contribution >= 4 is 44.6 Å². The minimum Gasteiger partial charge on any atom is -0.343 e. The number of thiocarbonyl (C=S) groups is 1. The van der Waals surface area contributed by atoms with E-state index >= 15 is 0 Å². The summed E-state index contributed by atoms with van der Waals surface area (Å²) in [5, 5.41) is 5.10. The fourth-order valence-electron chi connectivity index (χ4n) is 2.44. The van der Waals surface area contributed by atoms with Gasteiger partial charge in [0.2, 0.25) is 0 Å². The first kappa shape index (κ1) is 16.9. The highest BCUT2D eigenvalue weighted by Gasteiger charge is 2.18. The van der Waals surface area contributed by atoms with Gasteiger partial charge < -0.3 is 10.2 Å². The molecule has 0 amide bonds. The predicted molar refractivity (Wildman–Crippen MR) is 108 cm³/mol. The van der Waals surface area contributed by atoms with Crippen LogP contribution in [0.15, 0.2) is 42.5 Å². The van der Waals surface area contributed by atoms with Crippen LogP contribution in [-0.2, 0) is 0 Å². The number of hydrogen-bond acceptors (Lipinski definition) is 3. The van der Waals surface area contributed by atoms with Gasteiger partial charge in [0.15, 0.2) is 5.11 Å². The summed E-state index contributed by atoms with van der Waals surface area (Å²) in [4.78, 5) is 6.80. The number of benzene rings is 2. The van der Waals surface area contributed by atoms with Gasteiger partial charge in [-0.25, -0.2) is 4.98 Å². The highest BCUT2D eigenvalue weighted by atomic mass is 32.1. The standard InChI is InChI=1S/C19H21N3S2/c1-12-9-10-15(11-13(12)2)20-19(23)22(4)14(3)18-21-16-7-5-6-8-17(16)24-18/h5-11,14H,1-4H3,(H,20,23)/t14-/m0/s1. The molecule has 1 atom stereocenters. The minimum absolute atomic E-state index is 0.119. The molecule has 0 spiro atoms. The van der Waals surface area contributed by atoms with E-state index in [1.807, 2.05) is 25.2 Å². The molecule has 124 valence electrons. The van der Waals surface area contributed by atoms with Crippen molar-refractivity contribution < 1.29 is 0 Å². The van der Waals surface area contributed by atoms with Crippen molar-refractivity contribution in [3.8, 4) is 0 Å². The summed E-state index contributed by atoms with van der Waals surface area (Å²) in [6, 6.07) is 14.6. The number of aromatic nitrogens is 1. The molecule has 24 heavy (non-hydrogen) atoms. The number of para-hydroxylation sites is 1. The van der Waals surface area contributed by atoms with Crippen LogP contribution in [0.3, 0.4) is 0 Å². The quantitative estimate of drug-likeness (QED) is 0.645. The summed E-state index contributed by atoms with van der Waals surface area (Å²) in [6.45, 7) is 6.35. The molecule has 0 saturated heterocycles. The van der Waals surface area contributed by atoms with Crippen molar-refractivity contribution in [1.29, 1.82) is 0 Å². The monoisotopic (exact) mass is 355 g/mol. The third-order valence-electron chi connectivity index (χ3n) is 4.33. The van der Waals surface area contributed by atoms with Crippen LogP contribution in [0.25, 0.3) is 10.2 Å². The lowest BCUT2D eigenvalue weighted by molar-refractivity contribution is 0.407. The SMILES string of the molecule is Cc1ccc(NC(=S)N(C)[C@@H](C)c2nc3ccccc3s2)cc1C. The average Bonchev–Trinajstić information content (AvgIpc) is 3.01. The number of aryl methyl sites for hydroxylation is 2. The van der Waals surface area contributed by atoms with Crippen molar-refractivity contribution in [3.05, 3.63) is 58.6 Å². The van der Waals surface area contributed by atoms with Crippen LogP contribution < -0.4 is 5.32 Å². The maximum atomic E-state index is 5.58. The van der Waals surface area contributed by atoms with Gasteiger partial charge in [0, 0.05) is 12.7 Å². The molecule has 0 aliphatic heterocycles. The summed E-state index contributed by atoms with van der Waals surface area (Å²) in [7, 11) is 2.01. The Balaban J connectivity index is 1.75. The zero-order chi connectivity index (χ0) is 17.3. The lowest BCUT2D eigenvalue weighted by Gasteiger charge is -2.26. The maximum Gasteiger partial charge on any atom is 0.173 e. The normalized spacial score (nSPS) is 12.2. The Morgan fingerprint density at radius 1 is 1.17 bits per heavy atom. The van der Waals surface area contributed by atoms with Crippen molar-refractivity contribution in [2.24, 2.45) is 0 Å². The molecular formula is C19H21N3S2. The lowest BCUT2D eigenvalue weighted by atomic mass is 10.1. The molecule has 5 heteroatoms. The first-order valence-corrected chi connectivity index (χ1v) is 9.14. The molecule has 3 rings (SSSR count). The van der Waals surface area contributed by atoms with Crippen molar-refractivity contribution in [3.63, 3.8) is 0 Å². The Morgan fingerprint density at radius 3 is 2.62 bits per heavy atom. The summed E-state index contributed by atoms with van der Waals surface area (Å²) in [6.07, 6.45) is 0. The van der Waals surface area contributed by atoms with Crippen molar-refractivity contribution in [2.75, 3.05) is 12.4 Å². The van der Waals surface area contributed by atoms with Crippen LogP contribution in [0.2, 0.25) is 0 Å². The third kappa shape index (κ3) is 3.42. The second kappa shape index (κ2) is 6.87. The molecule has 1 heterocycles. The molecule has 2 aromatic carbocycles. The Bertz CT molecular complexity index is 852. The third-order valence-corrected chi connectivity index (χ3v) is 5.92. The lowest BCUT2D eigenvalue weighted by Crippen LogP contribution is -2.33. The Kier molecular flexibility index (Phi) is 4.83. The molecule has 0 aliphatic rings. The largest absolute Gasteiger partial charge is 0.343 e. The van der Waals surface area contributed by atoms with E-state index in [4.69, 9.17) is 17.2 Å². The van der Waals surface area contributed by atoms with Gasteiger partial charge in [-0.1, -0.05) is 18.2 Å². The minimum atomic E-state index is 0.119. The van der Waals surface area contributed by atoms with Gasteiger partial charge >= 0.3 is 0 Å². The fourth-order valence-corrected chi connectivity index (χ4v) is 3.78. The number of nitrogens with one attached hydrogen (secondary N) is 1. The highest BCUT2D eigenvalue weighted by molar-refractivity contribution is 7.80. The highest BCUT2D eigenvalue weighted by Crippen LogP contribution is 2.29. The molecule has 0 radical (unpaired) electrons. The first-order valence-electron chi connectivity index (χ1n) is 7.92. The summed E-state index contributed by atoms with van der Waals surface area (Å²) in [5.41, 5.74) is 4.60. The van der Waals surface area contributed by atoms with E-state index < -0.39 is 0 Å². The van der Waals surface area contributed by atoms with E-state index in [-0.39, 0.29) is 6.04 Å². The summed E-state index contributed by atoms with van der Waals surface area (Å²) in [5.74, 6) is 0. The van der Waals surface area contributed by atoms with Gasteiger partial charge in [-0.15, -0.1) is 11.3 Å². The average molecular weight is 356 g/mol. The van der Waals surface area contributed by atoms with E-state index in [1.54, 1.807) is 11.3 Å². The van der Waals surface area contributed by atoms with Gasteiger partial charge in [0.1, 0.15) is 5.01 Å². The number of nitrogens with zero attached hydrogens (tertiary/aromatic N) is 2. The summed E-state index contributed by atoms with van der Waals surface area (Å²) < 4.78 is 1.21. The molecule has 0 bridgehead atoms. The van der Waals surface area contributed by atoms with Crippen LogP contribution in [0, 0.1) is 13.8 Å². The van der Waals surface area contributed by atoms with Gasteiger partial charge in [0.25, 0.3) is 0 Å². The molecule has 3 nitrogen and oxygen atoms in total. The van der Waals surface area contributed by atoms with E-state index in [9.17, 15) is 0 Å². The zero-order valence-electron chi connectivity index (χ0n) is 14.3. The molecule has 0 aliphatic carbocycles. The maximum absolute atomic E-state index is 5.58. The number of rotatable bonds is 3. The molecule has 0 fully saturated rings. The molecular weight excluding hydrogens is 334 g/mol. The van der Waals surface area contributed by atoms with Gasteiger partial charge in [-0.3, -0.25) is 0 Å². The number of fused-ring (bicyclic) bond motifs is 1. The van der Waals surface area contributed by atoms with Crippen LogP contribution >= 0.6 is 23.6 Å². The van der Waals surface area contributed by atoms with Crippen LogP contribution in [-0.4, -0.2) is 22.0 Å². The van der Waals surface area contributed by atoms with Crippen LogP contribution in [0.1, 0.15) is 29.1 Å². The van der Waals surface area contributed by atoms with Crippen molar-refractivity contribution in [2.45, 2.75) is 26.8 Å². The van der Waals surface area contributed by atoms with E-state index in [2.05, 4.69) is 55.3 Å². The van der Waals surface area contributed by atoms with Crippen LogP contribution in [0.5, 0.6) is 0 Å². The second-order valence-electron chi connectivity index (χ2n) is 6.04. The van der Waals surface area contributed by atoms with Gasteiger partial charge in [0.05, 0.1) is 16.3 Å². The molecule has 1 aromatic heterocycles. The zero-order valence-corrected chi connectivity index (χ0v) is 16.0. The Hall–Kier alpha value is -1.98. The molecule has 1 N–H and O–H groups in total. The van der Waals surface area contributed by atoms with Crippen molar-refractivity contribution in [1.82, 2.24) is 9.88 Å². The molecule has 3 aromatic rings. The van der Waals surface area contributed by atoms with Gasteiger partial charge in [-0.05, 0) is 68.4 Å². The Morgan fingerprint density at radius 2 is 1.92 bits per heavy atom. The molecule has 0 unspecified atom stereocenters. The van der Waals surface area contributed by atoms with E-state index in [0.717, 1.165) is 16.2 Å². The van der Waals surface area contributed by atoms with E-state index in [1.165, 1.54) is 15.8 Å². The topological polar surface area (TPSA) is 28.2 Å². The van der Waals surface area contributed by atoms with E-state index in [0.29, 0.717) is 5.11 Å². The predicted octanol–water partition coefficient (Wildman–Crippen LogP) is 5.30. The fraction of sp³-hybridized carbons (Fsp3) is 0.263. The Labute approximate surface area is 152 Å². The van der Waals surface area contributed by atoms with Gasteiger partial charge in [-0.2, -0.15) is 0 Å². The number of hydrogen-bond donors (Lipinski definition) is 1. The number of thiazole rings is 1.